The third-order valence-electron chi connectivity index (χ3n) is 4.04. The summed E-state index contributed by atoms with van der Waals surface area (Å²) in [5, 5.41) is 0. The molecule has 7 heteroatoms. The van der Waals surface area contributed by atoms with Crippen molar-refractivity contribution in [2.24, 2.45) is 0 Å². The van der Waals surface area contributed by atoms with Crippen molar-refractivity contribution in [3.8, 4) is 5.75 Å². The normalized spacial score (nSPS) is 18.2. The zero-order valence-electron chi connectivity index (χ0n) is 13.6. The van der Waals surface area contributed by atoms with Gasteiger partial charge < -0.3 is 13.9 Å². The second-order valence-electron chi connectivity index (χ2n) is 5.69. The minimum atomic E-state index is -3.65. The first-order valence-electron chi connectivity index (χ1n) is 7.88. The average Bonchev–Trinajstić information content (AvgIpc) is 3.28. The van der Waals surface area contributed by atoms with E-state index in [0.29, 0.717) is 24.7 Å². The Bertz CT molecular complexity index is 734. The fourth-order valence-corrected chi connectivity index (χ4v) is 4.17. The van der Waals surface area contributed by atoms with E-state index in [1.165, 1.54) is 4.31 Å². The van der Waals surface area contributed by atoms with Crippen molar-refractivity contribution in [1.82, 2.24) is 4.31 Å². The highest BCUT2D eigenvalue weighted by Gasteiger charge is 2.29. The predicted molar refractivity (Wildman–Crippen MR) is 88.3 cm³/mol. The standard InChI is InChI=1S/C17H21NO5S/c1-21-14-6-8-17(9-7-14)24(19,20)18(12-15-4-2-10-22-15)13-16-5-3-11-23-16/h2,4,6-10,16H,3,5,11-13H2,1H3/t16-/m0/s1. The molecule has 1 aliphatic heterocycles. The van der Waals surface area contributed by atoms with Gasteiger partial charge in [0.15, 0.2) is 0 Å². The Labute approximate surface area is 142 Å². The Balaban J connectivity index is 1.86. The largest absolute Gasteiger partial charge is 0.497 e. The lowest BCUT2D eigenvalue weighted by Gasteiger charge is -2.24. The molecule has 3 rings (SSSR count). The molecule has 1 aliphatic rings. The number of nitrogens with zero attached hydrogens (tertiary/aromatic N) is 1. The van der Waals surface area contributed by atoms with Crippen LogP contribution < -0.4 is 4.74 Å². The molecule has 1 atom stereocenters. The summed E-state index contributed by atoms with van der Waals surface area (Å²) in [4.78, 5) is 0.229. The number of rotatable bonds is 7. The Kier molecular flexibility index (Phi) is 5.23. The molecule has 0 unspecified atom stereocenters. The van der Waals surface area contributed by atoms with E-state index in [0.717, 1.165) is 12.8 Å². The SMILES string of the molecule is COc1ccc(S(=O)(=O)N(Cc2ccco2)C[C@@H]2CCCO2)cc1. The fraction of sp³-hybridized carbons (Fsp3) is 0.412. The maximum atomic E-state index is 13.0. The van der Waals surface area contributed by atoms with Crippen LogP contribution in [0.3, 0.4) is 0 Å². The van der Waals surface area contributed by atoms with E-state index in [1.54, 1.807) is 49.8 Å². The van der Waals surface area contributed by atoms with Crippen molar-refractivity contribution in [2.45, 2.75) is 30.4 Å². The molecule has 1 aromatic carbocycles. The second kappa shape index (κ2) is 7.38. The van der Waals surface area contributed by atoms with Gasteiger partial charge in [-0.2, -0.15) is 4.31 Å². The van der Waals surface area contributed by atoms with Crippen LogP contribution in [0.4, 0.5) is 0 Å². The third-order valence-corrected chi connectivity index (χ3v) is 5.87. The quantitative estimate of drug-likeness (QED) is 0.767. The maximum Gasteiger partial charge on any atom is 0.243 e. The molecular weight excluding hydrogens is 330 g/mol. The van der Waals surface area contributed by atoms with E-state index in [-0.39, 0.29) is 17.5 Å². The minimum Gasteiger partial charge on any atom is -0.497 e. The van der Waals surface area contributed by atoms with Gasteiger partial charge in [-0.05, 0) is 49.2 Å². The molecule has 0 spiro atoms. The molecule has 2 heterocycles. The van der Waals surface area contributed by atoms with Gasteiger partial charge in [-0.15, -0.1) is 0 Å². The lowest BCUT2D eigenvalue weighted by molar-refractivity contribution is 0.0914. The monoisotopic (exact) mass is 351 g/mol. The Morgan fingerprint density at radius 1 is 1.25 bits per heavy atom. The van der Waals surface area contributed by atoms with Gasteiger partial charge in [-0.25, -0.2) is 8.42 Å². The number of methoxy groups -OCH3 is 1. The summed E-state index contributed by atoms with van der Waals surface area (Å²) < 4.78 is 43.5. The van der Waals surface area contributed by atoms with Crippen LogP contribution >= 0.6 is 0 Å². The van der Waals surface area contributed by atoms with Crippen molar-refractivity contribution in [3.05, 3.63) is 48.4 Å². The first-order chi connectivity index (χ1) is 11.6. The molecule has 2 aromatic rings. The molecule has 0 radical (unpaired) electrons. The molecule has 0 aliphatic carbocycles. The number of hydrogen-bond donors (Lipinski definition) is 0. The van der Waals surface area contributed by atoms with E-state index < -0.39 is 10.0 Å². The van der Waals surface area contributed by atoms with Crippen LogP contribution in [-0.2, 0) is 21.3 Å². The molecule has 1 aromatic heterocycles. The highest BCUT2D eigenvalue weighted by atomic mass is 32.2. The van der Waals surface area contributed by atoms with Crippen molar-refractivity contribution in [1.29, 1.82) is 0 Å². The van der Waals surface area contributed by atoms with Crippen LogP contribution in [-0.4, -0.2) is 39.1 Å². The van der Waals surface area contributed by atoms with Gasteiger partial charge in [-0.1, -0.05) is 0 Å². The zero-order chi connectivity index (χ0) is 17.0. The van der Waals surface area contributed by atoms with Crippen LogP contribution in [0.15, 0.2) is 52.0 Å². The Hall–Kier alpha value is -1.83. The topological polar surface area (TPSA) is 69.0 Å². The van der Waals surface area contributed by atoms with Gasteiger partial charge in [0.1, 0.15) is 11.5 Å². The highest BCUT2D eigenvalue weighted by molar-refractivity contribution is 7.89. The summed E-state index contributed by atoms with van der Waals surface area (Å²) in [5.74, 6) is 1.22. The first-order valence-corrected chi connectivity index (χ1v) is 9.32. The second-order valence-corrected chi connectivity index (χ2v) is 7.63. The summed E-state index contributed by atoms with van der Waals surface area (Å²) in [6.45, 7) is 1.18. The van der Waals surface area contributed by atoms with Crippen LogP contribution in [0.2, 0.25) is 0 Å². The molecule has 24 heavy (non-hydrogen) atoms. The summed E-state index contributed by atoms with van der Waals surface area (Å²) in [7, 11) is -2.11. The molecular formula is C17H21NO5S. The molecule has 1 saturated heterocycles. The van der Waals surface area contributed by atoms with Gasteiger partial charge in [-0.3, -0.25) is 0 Å². The lowest BCUT2D eigenvalue weighted by atomic mass is 10.2. The van der Waals surface area contributed by atoms with E-state index in [4.69, 9.17) is 13.9 Å². The fourth-order valence-electron chi connectivity index (χ4n) is 2.74. The minimum absolute atomic E-state index is 0.0759. The first kappa shape index (κ1) is 17.0. The number of benzene rings is 1. The Morgan fingerprint density at radius 2 is 2.04 bits per heavy atom. The number of sulfonamides is 1. The van der Waals surface area contributed by atoms with Gasteiger partial charge in [0.25, 0.3) is 0 Å². The molecule has 6 nitrogen and oxygen atoms in total. The van der Waals surface area contributed by atoms with E-state index >= 15 is 0 Å². The van der Waals surface area contributed by atoms with Crippen LogP contribution in [0.25, 0.3) is 0 Å². The highest BCUT2D eigenvalue weighted by Crippen LogP contribution is 2.24. The summed E-state index contributed by atoms with van der Waals surface area (Å²) in [6.07, 6.45) is 3.29. The summed E-state index contributed by atoms with van der Waals surface area (Å²) >= 11 is 0. The van der Waals surface area contributed by atoms with E-state index in [1.807, 2.05) is 0 Å². The molecule has 130 valence electrons. The van der Waals surface area contributed by atoms with E-state index in [9.17, 15) is 8.42 Å². The van der Waals surface area contributed by atoms with Crippen molar-refractivity contribution < 1.29 is 22.3 Å². The van der Waals surface area contributed by atoms with Crippen LogP contribution in [0.1, 0.15) is 18.6 Å². The lowest BCUT2D eigenvalue weighted by Crippen LogP contribution is -2.36. The predicted octanol–water partition coefficient (Wildman–Crippen LogP) is 2.66. The maximum absolute atomic E-state index is 13.0. The van der Waals surface area contributed by atoms with Crippen LogP contribution in [0, 0.1) is 0 Å². The van der Waals surface area contributed by atoms with Gasteiger partial charge in [0, 0.05) is 13.2 Å². The van der Waals surface area contributed by atoms with Crippen molar-refractivity contribution >= 4 is 10.0 Å². The smallest absolute Gasteiger partial charge is 0.243 e. The molecule has 0 amide bonds. The average molecular weight is 351 g/mol. The number of furan rings is 1. The van der Waals surface area contributed by atoms with Gasteiger partial charge >= 0.3 is 0 Å². The molecule has 0 saturated carbocycles. The van der Waals surface area contributed by atoms with Crippen molar-refractivity contribution in [3.63, 3.8) is 0 Å². The number of ether oxygens (including phenoxy) is 2. The molecule has 0 N–H and O–H groups in total. The summed E-state index contributed by atoms with van der Waals surface area (Å²) in [5.41, 5.74) is 0. The number of hydrogen-bond acceptors (Lipinski definition) is 5. The molecule has 1 fully saturated rings. The van der Waals surface area contributed by atoms with Crippen LogP contribution in [0.5, 0.6) is 5.75 Å². The Morgan fingerprint density at radius 3 is 2.62 bits per heavy atom. The summed E-state index contributed by atoms with van der Waals surface area (Å²) in [6, 6.07) is 9.91. The third kappa shape index (κ3) is 3.80. The van der Waals surface area contributed by atoms with E-state index in [2.05, 4.69) is 0 Å². The van der Waals surface area contributed by atoms with Gasteiger partial charge in [0.2, 0.25) is 10.0 Å². The van der Waals surface area contributed by atoms with Crippen molar-refractivity contribution in [2.75, 3.05) is 20.3 Å². The molecule has 0 bridgehead atoms. The zero-order valence-corrected chi connectivity index (χ0v) is 14.4. The van der Waals surface area contributed by atoms with Gasteiger partial charge in [0.05, 0.1) is 30.9 Å².